The molecule has 5 rings (SSSR count). The lowest BCUT2D eigenvalue weighted by atomic mass is 10.1. The third kappa shape index (κ3) is 4.27. The fourth-order valence-corrected chi connectivity index (χ4v) is 4.79. The zero-order chi connectivity index (χ0) is 28.0. The van der Waals surface area contributed by atoms with Crippen LogP contribution in [-0.4, -0.2) is 56.7 Å². The number of primary amides is 1. The van der Waals surface area contributed by atoms with Crippen LogP contribution in [0.5, 0.6) is 0 Å². The largest absolute Gasteiger partial charge is 0.503 e. The van der Waals surface area contributed by atoms with Crippen molar-refractivity contribution in [1.29, 1.82) is 0 Å². The molecule has 0 spiro atoms. The minimum atomic E-state index is -1.47. The molecule has 2 amide bonds. The van der Waals surface area contributed by atoms with Gasteiger partial charge in [0.2, 0.25) is 5.91 Å². The molecule has 202 valence electrons. The molecular formula is C26H24F3N7O3. The van der Waals surface area contributed by atoms with Gasteiger partial charge in [-0.05, 0) is 24.8 Å². The van der Waals surface area contributed by atoms with E-state index in [-0.39, 0.29) is 46.6 Å². The summed E-state index contributed by atoms with van der Waals surface area (Å²) in [6, 6.07) is -0.519. The number of fused-ring (bicyclic) bond motifs is 1. The Hall–Kier alpha value is -4.73. The molecular weight excluding hydrogens is 515 g/mol. The minimum absolute atomic E-state index is 0.0465. The molecule has 3 aromatic rings. The molecule has 13 heteroatoms. The number of likely N-dealkylation sites (tertiary alicyclic amines) is 1. The number of amides is 2. The molecule has 0 unspecified atom stereocenters. The summed E-state index contributed by atoms with van der Waals surface area (Å²) in [6.07, 6.45) is 5.69. The van der Waals surface area contributed by atoms with Gasteiger partial charge in [0.05, 0.1) is 25.2 Å². The lowest BCUT2D eigenvalue weighted by Crippen LogP contribution is -2.27. The fourth-order valence-electron chi connectivity index (χ4n) is 4.79. The fraction of sp³-hybridized carbons (Fsp3) is 0.308. The number of carbonyl (C=O) groups excluding carboxylic acids is 2. The van der Waals surface area contributed by atoms with Crippen LogP contribution in [0.2, 0.25) is 0 Å². The van der Waals surface area contributed by atoms with Gasteiger partial charge in [-0.1, -0.05) is 12.5 Å². The number of methoxy groups -OCH3 is 1. The number of imidazole rings is 1. The van der Waals surface area contributed by atoms with Gasteiger partial charge in [0, 0.05) is 26.1 Å². The summed E-state index contributed by atoms with van der Waals surface area (Å²) in [5.74, 6) is -0.133. The number of carbonyl (C=O) groups is 2. The normalized spacial score (nSPS) is 17.8. The van der Waals surface area contributed by atoms with Gasteiger partial charge in [-0.15, -0.1) is 0 Å². The van der Waals surface area contributed by atoms with Crippen LogP contribution >= 0.6 is 0 Å². The Morgan fingerprint density at radius 1 is 1.21 bits per heavy atom. The second-order valence-electron chi connectivity index (χ2n) is 9.13. The first-order valence-electron chi connectivity index (χ1n) is 12.0. The Labute approximate surface area is 220 Å². The van der Waals surface area contributed by atoms with E-state index in [1.165, 1.54) is 40.9 Å². The first-order chi connectivity index (χ1) is 18.7. The van der Waals surface area contributed by atoms with Crippen LogP contribution < -0.4 is 11.1 Å². The Kier molecular flexibility index (Phi) is 6.55. The van der Waals surface area contributed by atoms with Gasteiger partial charge in [-0.2, -0.15) is 5.10 Å². The Balaban J connectivity index is 1.59. The van der Waals surface area contributed by atoms with Gasteiger partial charge in [0.1, 0.15) is 34.2 Å². The Morgan fingerprint density at radius 3 is 2.56 bits per heavy atom. The molecule has 0 bridgehead atoms. The zero-order valence-electron chi connectivity index (χ0n) is 21.1. The van der Waals surface area contributed by atoms with Crippen LogP contribution in [0.25, 0.3) is 11.0 Å². The van der Waals surface area contributed by atoms with Crippen LogP contribution in [0.15, 0.2) is 30.9 Å². The molecule has 2 fully saturated rings. The maximum Gasteiger partial charge on any atom is 0.255 e. The van der Waals surface area contributed by atoms with E-state index in [0.29, 0.717) is 12.1 Å². The monoisotopic (exact) mass is 539 g/mol. The number of rotatable bonds is 6. The van der Waals surface area contributed by atoms with E-state index in [4.69, 9.17) is 10.5 Å². The van der Waals surface area contributed by atoms with Gasteiger partial charge in [0.15, 0.2) is 23.1 Å². The quantitative estimate of drug-likeness (QED) is 0.215. The predicted octanol–water partition coefficient (Wildman–Crippen LogP) is 2.97. The summed E-state index contributed by atoms with van der Waals surface area (Å²) in [6.45, 7) is 3.67. The van der Waals surface area contributed by atoms with Crippen molar-refractivity contribution in [3.63, 3.8) is 0 Å². The molecule has 39 heavy (non-hydrogen) atoms. The highest BCUT2D eigenvalue weighted by Gasteiger charge is 2.35. The lowest BCUT2D eigenvalue weighted by molar-refractivity contribution is -0.123. The van der Waals surface area contributed by atoms with E-state index in [9.17, 15) is 14.0 Å². The standard InChI is InChI=1S/C26H24F3N7O3/c1-4-18(37)34-10-14(9-15(34)11-39-3)36-26(31-2)19(25(30)38)17(33-36)8-7-16-20(27)22(29)24-23(21(16)28)32-12-35(24)13-5-6-13/h4,11-14,31H,1,5-6,9-10H2,2-3H3,(H2,30,38)/b15-11+/t14-/m0/s1. The second-order valence-corrected chi connectivity index (χ2v) is 9.13. The van der Waals surface area contributed by atoms with Crippen molar-refractivity contribution < 1.29 is 27.5 Å². The highest BCUT2D eigenvalue weighted by molar-refractivity contribution is 6.00. The molecule has 10 nitrogen and oxygen atoms in total. The molecule has 1 atom stereocenters. The number of nitrogens with one attached hydrogen (secondary N) is 1. The van der Waals surface area contributed by atoms with Crippen LogP contribution in [-0.2, 0) is 9.53 Å². The second kappa shape index (κ2) is 9.86. The van der Waals surface area contributed by atoms with Crippen molar-refractivity contribution in [2.24, 2.45) is 5.73 Å². The van der Waals surface area contributed by atoms with Gasteiger partial charge in [0.25, 0.3) is 5.91 Å². The first-order valence-corrected chi connectivity index (χ1v) is 12.0. The predicted molar refractivity (Wildman–Crippen MR) is 135 cm³/mol. The third-order valence-corrected chi connectivity index (χ3v) is 6.71. The Bertz CT molecular complexity index is 1630. The molecule has 1 saturated heterocycles. The number of anilines is 1. The SMILES string of the molecule is C=CC(=O)N1C[C@@H](n2nc(C#Cc3c(F)c(F)c4c(ncn4C4CC4)c3F)c(C(N)=O)c2NC)C/C1=C\OC. The zero-order valence-corrected chi connectivity index (χ0v) is 21.1. The average Bonchev–Trinajstić information content (AvgIpc) is 3.35. The summed E-state index contributed by atoms with van der Waals surface area (Å²) in [7, 11) is 2.97. The highest BCUT2D eigenvalue weighted by atomic mass is 19.2. The number of halogens is 3. The van der Waals surface area contributed by atoms with Crippen LogP contribution in [0.4, 0.5) is 19.0 Å². The first kappa shape index (κ1) is 25.9. The highest BCUT2D eigenvalue weighted by Crippen LogP contribution is 2.39. The summed E-state index contributed by atoms with van der Waals surface area (Å²) in [5.41, 5.74) is 4.42. The summed E-state index contributed by atoms with van der Waals surface area (Å²) >= 11 is 0. The molecule has 0 radical (unpaired) electrons. The molecule has 1 aliphatic carbocycles. The molecule has 1 aliphatic heterocycles. The minimum Gasteiger partial charge on any atom is -0.503 e. The van der Waals surface area contributed by atoms with Crippen LogP contribution in [0.3, 0.4) is 0 Å². The van der Waals surface area contributed by atoms with E-state index in [1.54, 1.807) is 0 Å². The summed E-state index contributed by atoms with van der Waals surface area (Å²) in [5, 5.41) is 7.24. The lowest BCUT2D eigenvalue weighted by Gasteiger charge is -2.16. The number of nitrogens with zero attached hydrogens (tertiary/aromatic N) is 5. The summed E-state index contributed by atoms with van der Waals surface area (Å²) in [4.78, 5) is 30.1. The Morgan fingerprint density at radius 2 is 1.95 bits per heavy atom. The van der Waals surface area contributed by atoms with Crippen molar-refractivity contribution in [3.05, 3.63) is 65.2 Å². The molecule has 1 aromatic carbocycles. The number of hydrogen-bond acceptors (Lipinski definition) is 6. The van der Waals surface area contributed by atoms with Crippen molar-refractivity contribution >= 4 is 28.7 Å². The number of hydrogen-bond donors (Lipinski definition) is 2. The smallest absolute Gasteiger partial charge is 0.255 e. The maximum absolute atomic E-state index is 15.3. The van der Waals surface area contributed by atoms with Gasteiger partial charge in [-0.25, -0.2) is 22.8 Å². The number of benzene rings is 1. The average molecular weight is 540 g/mol. The van der Waals surface area contributed by atoms with Crippen LogP contribution in [0, 0.1) is 29.3 Å². The van der Waals surface area contributed by atoms with Crippen molar-refractivity contribution in [3.8, 4) is 11.8 Å². The van der Waals surface area contributed by atoms with Crippen molar-refractivity contribution in [2.45, 2.75) is 31.3 Å². The van der Waals surface area contributed by atoms with Crippen molar-refractivity contribution in [1.82, 2.24) is 24.2 Å². The van der Waals surface area contributed by atoms with E-state index in [0.717, 1.165) is 18.9 Å². The molecule has 3 N–H and O–H groups in total. The number of nitrogens with two attached hydrogens (primary N) is 1. The summed E-state index contributed by atoms with van der Waals surface area (Å²) < 4.78 is 53.2. The van der Waals surface area contributed by atoms with Crippen molar-refractivity contribution in [2.75, 3.05) is 26.0 Å². The topological polar surface area (TPSA) is 120 Å². The van der Waals surface area contributed by atoms with E-state index in [2.05, 4.69) is 33.8 Å². The van der Waals surface area contributed by atoms with Crippen LogP contribution in [0.1, 0.15) is 53.0 Å². The molecule has 3 heterocycles. The van der Waals surface area contributed by atoms with Gasteiger partial charge >= 0.3 is 0 Å². The van der Waals surface area contributed by atoms with Gasteiger partial charge < -0.3 is 25.3 Å². The molecule has 1 saturated carbocycles. The number of aromatic nitrogens is 4. The number of allylic oxidation sites excluding steroid dienone is 1. The molecule has 2 aliphatic rings. The van der Waals surface area contributed by atoms with Gasteiger partial charge in [-0.3, -0.25) is 9.59 Å². The third-order valence-electron chi connectivity index (χ3n) is 6.71. The van der Waals surface area contributed by atoms with E-state index >= 15 is 8.78 Å². The number of ether oxygens (including phenoxy) is 1. The molecule has 2 aromatic heterocycles. The maximum atomic E-state index is 15.3. The van der Waals surface area contributed by atoms with E-state index in [1.807, 2.05) is 0 Å². The van der Waals surface area contributed by atoms with E-state index < -0.39 is 35.0 Å².